The number of amides is 1. The predicted molar refractivity (Wildman–Crippen MR) is 137 cm³/mol. The first-order chi connectivity index (χ1) is 16.6. The van der Waals surface area contributed by atoms with E-state index in [-0.39, 0.29) is 12.0 Å². The van der Waals surface area contributed by atoms with Gasteiger partial charge in [-0.25, -0.2) is 4.98 Å². The van der Waals surface area contributed by atoms with Gasteiger partial charge in [-0.3, -0.25) is 9.69 Å². The Labute approximate surface area is 204 Å². The second kappa shape index (κ2) is 9.95. The number of thiazole rings is 1. The number of aromatic nitrogens is 1. The molecule has 1 amide bonds. The lowest BCUT2D eigenvalue weighted by Crippen LogP contribution is -2.37. The lowest BCUT2D eigenvalue weighted by Gasteiger charge is -2.23. The third-order valence-corrected chi connectivity index (χ3v) is 7.07. The van der Waals surface area contributed by atoms with E-state index in [1.807, 2.05) is 54.6 Å². The van der Waals surface area contributed by atoms with Gasteiger partial charge in [0.15, 0.2) is 5.13 Å². The Morgan fingerprint density at radius 1 is 1.06 bits per heavy atom. The fourth-order valence-corrected chi connectivity index (χ4v) is 5.23. The minimum atomic E-state index is -0.0769. The molecule has 0 bridgehead atoms. The molecule has 0 aliphatic carbocycles. The summed E-state index contributed by atoms with van der Waals surface area (Å²) in [4.78, 5) is 20.4. The van der Waals surface area contributed by atoms with E-state index in [9.17, 15) is 4.79 Å². The number of anilines is 1. The van der Waals surface area contributed by atoms with Gasteiger partial charge >= 0.3 is 0 Å². The number of carbonyl (C=O) groups is 1. The van der Waals surface area contributed by atoms with E-state index >= 15 is 0 Å². The molecule has 0 N–H and O–H groups in total. The van der Waals surface area contributed by atoms with Crippen LogP contribution in [0, 0.1) is 0 Å². The van der Waals surface area contributed by atoms with Crippen molar-refractivity contribution >= 4 is 32.6 Å². The number of benzene rings is 3. The smallest absolute Gasteiger partial charge is 0.260 e. The van der Waals surface area contributed by atoms with Crippen LogP contribution in [-0.4, -0.2) is 30.1 Å². The number of ether oxygens (including phenoxy) is 2. The molecular formula is C28H28N2O3S. The molecule has 3 aromatic carbocycles. The number of hydrogen-bond donors (Lipinski definition) is 0. The fourth-order valence-electron chi connectivity index (χ4n) is 4.23. The molecule has 174 valence electrons. The molecule has 1 fully saturated rings. The summed E-state index contributed by atoms with van der Waals surface area (Å²) in [5, 5.41) is 0.716. The Bertz CT molecular complexity index is 1260. The van der Waals surface area contributed by atoms with Gasteiger partial charge in [0.05, 0.1) is 22.9 Å². The number of hydrogen-bond acceptors (Lipinski definition) is 5. The molecule has 1 aromatic heterocycles. The van der Waals surface area contributed by atoms with Gasteiger partial charge in [-0.2, -0.15) is 0 Å². The molecule has 0 saturated carbocycles. The summed E-state index contributed by atoms with van der Waals surface area (Å²) in [5.41, 5.74) is 2.78. The van der Waals surface area contributed by atoms with Crippen molar-refractivity contribution in [3.05, 3.63) is 83.9 Å². The lowest BCUT2D eigenvalue weighted by atomic mass is 10.0. The number of fused-ring (bicyclic) bond motifs is 1. The summed E-state index contributed by atoms with van der Waals surface area (Å²) in [5.74, 6) is 1.73. The summed E-state index contributed by atoms with van der Waals surface area (Å²) < 4.78 is 12.9. The standard InChI is InChI=1S/C28H28N2O3S/c1-19(2)24-11-6-12-25-26(24)29-28(34-25)30(18-23-10-7-17-32-23)27(31)20-13-15-22(16-14-20)33-21-8-4-3-5-9-21/h3-6,8-9,11-16,19,23H,7,10,17-18H2,1-2H3. The van der Waals surface area contributed by atoms with Crippen LogP contribution in [0.4, 0.5) is 5.13 Å². The minimum absolute atomic E-state index is 0.0289. The monoisotopic (exact) mass is 472 g/mol. The molecule has 6 heteroatoms. The molecule has 1 saturated heterocycles. The Morgan fingerprint density at radius 3 is 2.53 bits per heavy atom. The zero-order valence-electron chi connectivity index (χ0n) is 19.4. The second-order valence-corrected chi connectivity index (χ2v) is 9.84. The van der Waals surface area contributed by atoms with E-state index in [1.165, 1.54) is 5.56 Å². The highest BCUT2D eigenvalue weighted by Crippen LogP contribution is 2.35. The minimum Gasteiger partial charge on any atom is -0.457 e. The highest BCUT2D eigenvalue weighted by molar-refractivity contribution is 7.22. The maximum atomic E-state index is 13.7. The van der Waals surface area contributed by atoms with Gasteiger partial charge in [-0.15, -0.1) is 0 Å². The van der Waals surface area contributed by atoms with Crippen LogP contribution in [0.1, 0.15) is 48.5 Å². The molecule has 4 aromatic rings. The quantitative estimate of drug-likeness (QED) is 0.289. The Morgan fingerprint density at radius 2 is 1.82 bits per heavy atom. The first-order valence-electron chi connectivity index (χ1n) is 11.7. The van der Waals surface area contributed by atoms with Crippen LogP contribution in [0.3, 0.4) is 0 Å². The van der Waals surface area contributed by atoms with Crippen molar-refractivity contribution in [2.75, 3.05) is 18.1 Å². The number of para-hydroxylation sites is 2. The third-order valence-electron chi connectivity index (χ3n) is 6.03. The average Bonchev–Trinajstić information content (AvgIpc) is 3.52. The molecular weight excluding hydrogens is 444 g/mol. The van der Waals surface area contributed by atoms with E-state index in [1.54, 1.807) is 16.2 Å². The van der Waals surface area contributed by atoms with Gasteiger partial charge in [0, 0.05) is 12.2 Å². The summed E-state index contributed by atoms with van der Waals surface area (Å²) in [6, 6.07) is 23.2. The van der Waals surface area contributed by atoms with Crippen molar-refractivity contribution in [3.63, 3.8) is 0 Å². The van der Waals surface area contributed by atoms with E-state index in [0.717, 1.165) is 35.4 Å². The van der Waals surface area contributed by atoms with Crippen molar-refractivity contribution in [2.24, 2.45) is 0 Å². The van der Waals surface area contributed by atoms with E-state index < -0.39 is 0 Å². The van der Waals surface area contributed by atoms with Crippen LogP contribution in [0.15, 0.2) is 72.8 Å². The average molecular weight is 473 g/mol. The molecule has 34 heavy (non-hydrogen) atoms. The van der Waals surface area contributed by atoms with E-state index in [0.29, 0.717) is 28.9 Å². The molecule has 5 nitrogen and oxygen atoms in total. The Kier molecular flexibility index (Phi) is 6.61. The largest absolute Gasteiger partial charge is 0.457 e. The number of rotatable bonds is 7. The lowest BCUT2D eigenvalue weighted by molar-refractivity contribution is 0.0917. The molecule has 1 aliphatic rings. The molecule has 1 aliphatic heterocycles. The number of carbonyl (C=O) groups excluding carboxylic acids is 1. The van der Waals surface area contributed by atoms with Gasteiger partial charge in [0.2, 0.25) is 0 Å². The van der Waals surface area contributed by atoms with Crippen LogP contribution in [-0.2, 0) is 4.74 Å². The second-order valence-electron chi connectivity index (χ2n) is 8.84. The first-order valence-corrected chi connectivity index (χ1v) is 12.6. The van der Waals surface area contributed by atoms with Gasteiger partial charge in [-0.05, 0) is 66.8 Å². The molecule has 0 spiro atoms. The maximum Gasteiger partial charge on any atom is 0.260 e. The summed E-state index contributed by atoms with van der Waals surface area (Å²) in [6.07, 6.45) is 2.01. The Hall–Kier alpha value is -3.22. The normalized spacial score (nSPS) is 15.7. The van der Waals surface area contributed by atoms with Crippen LogP contribution in [0.5, 0.6) is 11.5 Å². The highest BCUT2D eigenvalue weighted by Gasteiger charge is 2.27. The highest BCUT2D eigenvalue weighted by atomic mass is 32.1. The van der Waals surface area contributed by atoms with Crippen LogP contribution in [0.25, 0.3) is 10.2 Å². The summed E-state index contributed by atoms with van der Waals surface area (Å²) >= 11 is 1.56. The van der Waals surface area contributed by atoms with Gasteiger partial charge in [0.1, 0.15) is 11.5 Å². The van der Waals surface area contributed by atoms with Crippen molar-refractivity contribution in [1.82, 2.24) is 4.98 Å². The molecule has 1 atom stereocenters. The van der Waals surface area contributed by atoms with Crippen molar-refractivity contribution < 1.29 is 14.3 Å². The molecule has 1 unspecified atom stereocenters. The van der Waals surface area contributed by atoms with Crippen molar-refractivity contribution in [1.29, 1.82) is 0 Å². The van der Waals surface area contributed by atoms with Crippen LogP contribution >= 0.6 is 11.3 Å². The van der Waals surface area contributed by atoms with Crippen molar-refractivity contribution in [2.45, 2.75) is 38.7 Å². The van der Waals surface area contributed by atoms with Gasteiger partial charge in [-0.1, -0.05) is 55.5 Å². The van der Waals surface area contributed by atoms with Crippen LogP contribution < -0.4 is 9.64 Å². The topological polar surface area (TPSA) is 51.7 Å². The molecule has 5 rings (SSSR count). The molecule has 2 heterocycles. The van der Waals surface area contributed by atoms with Gasteiger partial charge < -0.3 is 9.47 Å². The third kappa shape index (κ3) is 4.83. The van der Waals surface area contributed by atoms with Crippen molar-refractivity contribution in [3.8, 4) is 11.5 Å². The zero-order chi connectivity index (χ0) is 23.5. The summed E-state index contributed by atoms with van der Waals surface area (Å²) in [7, 11) is 0. The van der Waals surface area contributed by atoms with E-state index in [2.05, 4.69) is 32.0 Å². The van der Waals surface area contributed by atoms with Crippen LogP contribution in [0.2, 0.25) is 0 Å². The first kappa shape index (κ1) is 22.6. The number of nitrogens with zero attached hydrogens (tertiary/aromatic N) is 2. The SMILES string of the molecule is CC(C)c1cccc2sc(N(CC3CCCO3)C(=O)c3ccc(Oc4ccccc4)cc3)nc12. The fraction of sp³-hybridized carbons (Fsp3) is 0.286. The predicted octanol–water partition coefficient (Wildman–Crippen LogP) is 7.04. The Balaban J connectivity index is 1.44. The van der Waals surface area contributed by atoms with Gasteiger partial charge in [0.25, 0.3) is 5.91 Å². The van der Waals surface area contributed by atoms with E-state index in [4.69, 9.17) is 14.5 Å². The summed E-state index contributed by atoms with van der Waals surface area (Å²) in [6.45, 7) is 5.58. The maximum absolute atomic E-state index is 13.7. The zero-order valence-corrected chi connectivity index (χ0v) is 20.3. The molecule has 0 radical (unpaired) electrons.